The zero-order valence-electron chi connectivity index (χ0n) is 10.3. The van der Waals surface area contributed by atoms with Crippen LogP contribution in [0.15, 0.2) is 23.1 Å². The van der Waals surface area contributed by atoms with Gasteiger partial charge < -0.3 is 0 Å². The van der Waals surface area contributed by atoms with Crippen LogP contribution in [0.3, 0.4) is 0 Å². The van der Waals surface area contributed by atoms with Crippen molar-refractivity contribution >= 4 is 26.0 Å². The van der Waals surface area contributed by atoms with Gasteiger partial charge in [-0.3, -0.25) is 0 Å². The maximum absolute atomic E-state index is 13.1. The predicted octanol–water partition coefficient (Wildman–Crippen LogP) is 2.76. The van der Waals surface area contributed by atoms with Crippen molar-refractivity contribution in [3.8, 4) is 0 Å². The maximum atomic E-state index is 13.1. The Labute approximate surface area is 119 Å². The highest BCUT2D eigenvalue weighted by Crippen LogP contribution is 2.28. The molecule has 2 rings (SSSR count). The van der Waals surface area contributed by atoms with E-state index in [0.29, 0.717) is 19.0 Å². The van der Waals surface area contributed by atoms with Crippen LogP contribution in [0, 0.1) is 17.6 Å². The van der Waals surface area contributed by atoms with E-state index in [2.05, 4.69) is 15.9 Å². The Hall–Kier alpha value is -0.530. The maximum Gasteiger partial charge on any atom is 0.243 e. The zero-order chi connectivity index (χ0) is 14.2. The quantitative estimate of drug-likeness (QED) is 0.766. The lowest BCUT2D eigenvalue weighted by Gasteiger charge is -2.33. The molecule has 1 aromatic carbocycles. The molecule has 1 aliphatic rings. The van der Waals surface area contributed by atoms with Gasteiger partial charge in [-0.25, -0.2) is 17.2 Å². The third-order valence-corrected chi connectivity index (χ3v) is 6.41. The van der Waals surface area contributed by atoms with E-state index in [-0.39, 0.29) is 9.72 Å². The Morgan fingerprint density at radius 1 is 1.32 bits per heavy atom. The number of hydrogen-bond acceptors (Lipinski definition) is 2. The van der Waals surface area contributed by atoms with E-state index in [0.717, 1.165) is 24.6 Å². The third-order valence-electron chi connectivity index (χ3n) is 3.36. The first kappa shape index (κ1) is 14.9. The lowest BCUT2D eigenvalue weighted by Crippen LogP contribution is -2.43. The second-order valence-electron chi connectivity index (χ2n) is 4.72. The van der Waals surface area contributed by atoms with Crippen molar-refractivity contribution in [3.63, 3.8) is 0 Å². The molecule has 1 fully saturated rings. The first-order valence-electron chi connectivity index (χ1n) is 5.91. The van der Waals surface area contributed by atoms with E-state index < -0.39 is 21.7 Å². The highest BCUT2D eigenvalue weighted by molar-refractivity contribution is 9.09. The lowest BCUT2D eigenvalue weighted by molar-refractivity contribution is 0.299. The summed E-state index contributed by atoms with van der Waals surface area (Å²) in [5.41, 5.74) is 0. The van der Waals surface area contributed by atoms with Crippen LogP contribution in [0.5, 0.6) is 0 Å². The minimum absolute atomic E-state index is 0.0707. The van der Waals surface area contributed by atoms with Crippen molar-refractivity contribution in [2.45, 2.75) is 23.1 Å². The van der Waals surface area contributed by atoms with Crippen molar-refractivity contribution in [1.29, 1.82) is 0 Å². The molecule has 1 saturated heterocycles. The van der Waals surface area contributed by atoms with Gasteiger partial charge in [-0.1, -0.05) is 22.9 Å². The van der Waals surface area contributed by atoms with Gasteiger partial charge in [0.15, 0.2) is 11.6 Å². The molecule has 0 aromatic heterocycles. The van der Waals surface area contributed by atoms with Gasteiger partial charge >= 0.3 is 0 Å². The fraction of sp³-hybridized carbons (Fsp3) is 0.500. The molecule has 3 nitrogen and oxygen atoms in total. The van der Waals surface area contributed by atoms with Crippen LogP contribution >= 0.6 is 15.9 Å². The van der Waals surface area contributed by atoms with Crippen molar-refractivity contribution in [1.82, 2.24) is 4.31 Å². The Balaban J connectivity index is 2.29. The highest BCUT2D eigenvalue weighted by atomic mass is 79.9. The summed E-state index contributed by atoms with van der Waals surface area (Å²) in [6.07, 6.45) is 0.735. The van der Waals surface area contributed by atoms with Crippen molar-refractivity contribution in [3.05, 3.63) is 29.8 Å². The minimum Gasteiger partial charge on any atom is -0.207 e. The molecule has 0 amide bonds. The van der Waals surface area contributed by atoms with Crippen LogP contribution in [0.2, 0.25) is 0 Å². The largest absolute Gasteiger partial charge is 0.243 e. The van der Waals surface area contributed by atoms with E-state index in [9.17, 15) is 17.2 Å². The van der Waals surface area contributed by atoms with Gasteiger partial charge in [0, 0.05) is 17.9 Å². The first-order valence-corrected chi connectivity index (χ1v) is 8.27. The summed E-state index contributed by atoms with van der Waals surface area (Å²) in [5, 5.41) is 0. The lowest BCUT2D eigenvalue weighted by atomic mass is 10.0. The Morgan fingerprint density at radius 2 is 2.00 bits per heavy atom. The summed E-state index contributed by atoms with van der Waals surface area (Å²) in [5.74, 6) is -1.82. The average molecular weight is 354 g/mol. The molecule has 7 heteroatoms. The van der Waals surface area contributed by atoms with Gasteiger partial charge in [0.25, 0.3) is 0 Å². The van der Waals surface area contributed by atoms with Gasteiger partial charge in [0.1, 0.15) is 0 Å². The molecule has 0 radical (unpaired) electrons. The standard InChI is InChI=1S/C12H14BrF2NO2S/c1-8-4-5-16(7-10(8)13)19(17,18)9-2-3-11(14)12(15)6-9/h2-3,6,8,10H,4-5,7H2,1H3. The summed E-state index contributed by atoms with van der Waals surface area (Å²) in [7, 11) is -3.76. The van der Waals surface area contributed by atoms with E-state index in [1.165, 1.54) is 4.31 Å². The normalized spacial score (nSPS) is 25.5. The van der Waals surface area contributed by atoms with Gasteiger partial charge in [-0.2, -0.15) is 4.31 Å². The van der Waals surface area contributed by atoms with Crippen LogP contribution in [-0.2, 0) is 10.0 Å². The molecule has 0 spiro atoms. The Kier molecular flexibility index (Phi) is 4.27. The van der Waals surface area contributed by atoms with E-state index in [4.69, 9.17) is 0 Å². The van der Waals surface area contributed by atoms with Crippen molar-refractivity contribution in [2.75, 3.05) is 13.1 Å². The van der Waals surface area contributed by atoms with Crippen LogP contribution in [0.25, 0.3) is 0 Å². The van der Waals surface area contributed by atoms with E-state index >= 15 is 0 Å². The van der Waals surface area contributed by atoms with Crippen LogP contribution in [-0.4, -0.2) is 30.6 Å². The minimum atomic E-state index is -3.76. The molecule has 19 heavy (non-hydrogen) atoms. The van der Waals surface area contributed by atoms with Crippen molar-refractivity contribution < 1.29 is 17.2 Å². The number of rotatable bonds is 2. The first-order chi connectivity index (χ1) is 8.82. The average Bonchev–Trinajstić information content (AvgIpc) is 2.35. The highest BCUT2D eigenvalue weighted by Gasteiger charge is 2.32. The zero-order valence-corrected chi connectivity index (χ0v) is 12.7. The molecule has 0 bridgehead atoms. The number of hydrogen-bond donors (Lipinski definition) is 0. The molecule has 1 aromatic rings. The van der Waals surface area contributed by atoms with Crippen LogP contribution in [0.1, 0.15) is 13.3 Å². The van der Waals surface area contributed by atoms with Crippen LogP contribution < -0.4 is 0 Å². The summed E-state index contributed by atoms with van der Waals surface area (Å²) in [4.78, 5) is -0.137. The fourth-order valence-corrected chi connectivity index (χ4v) is 4.30. The number of piperidine rings is 1. The summed E-state index contributed by atoms with van der Waals surface area (Å²) >= 11 is 3.44. The topological polar surface area (TPSA) is 37.4 Å². The Bertz CT molecular complexity index is 579. The molecule has 0 aliphatic carbocycles. The molecule has 0 saturated carbocycles. The number of nitrogens with zero attached hydrogens (tertiary/aromatic N) is 1. The summed E-state index contributed by atoms with van der Waals surface area (Å²) in [6.45, 7) is 2.77. The predicted molar refractivity (Wildman–Crippen MR) is 71.6 cm³/mol. The molecular formula is C12H14BrF2NO2S. The van der Waals surface area contributed by atoms with Gasteiger partial charge in [0.2, 0.25) is 10.0 Å². The molecular weight excluding hydrogens is 340 g/mol. The molecule has 1 aliphatic heterocycles. The van der Waals surface area contributed by atoms with Crippen LogP contribution in [0.4, 0.5) is 8.78 Å². The number of benzene rings is 1. The number of alkyl halides is 1. The third kappa shape index (κ3) is 2.98. The van der Waals surface area contributed by atoms with E-state index in [1.54, 1.807) is 0 Å². The summed E-state index contributed by atoms with van der Waals surface area (Å²) in [6, 6.07) is 2.65. The molecule has 106 valence electrons. The second-order valence-corrected chi connectivity index (χ2v) is 7.84. The number of sulfonamides is 1. The van der Waals surface area contributed by atoms with Gasteiger partial charge in [-0.15, -0.1) is 0 Å². The molecule has 2 unspecified atom stereocenters. The molecule has 1 heterocycles. The summed E-state index contributed by atoms with van der Waals surface area (Å²) < 4.78 is 51.9. The van der Waals surface area contributed by atoms with Gasteiger partial charge in [-0.05, 0) is 30.5 Å². The number of halogens is 3. The second kappa shape index (κ2) is 5.46. The van der Waals surface area contributed by atoms with Crippen molar-refractivity contribution in [2.24, 2.45) is 5.92 Å². The smallest absolute Gasteiger partial charge is 0.207 e. The monoisotopic (exact) mass is 353 g/mol. The van der Waals surface area contributed by atoms with Gasteiger partial charge in [0.05, 0.1) is 4.90 Å². The fourth-order valence-electron chi connectivity index (χ4n) is 2.00. The molecule has 0 N–H and O–H groups in total. The SMILES string of the molecule is CC1CCN(S(=O)(=O)c2ccc(F)c(F)c2)CC1Br. The Morgan fingerprint density at radius 3 is 2.58 bits per heavy atom. The van der Waals surface area contributed by atoms with E-state index in [1.807, 2.05) is 6.92 Å². The molecule has 2 atom stereocenters.